The summed E-state index contributed by atoms with van der Waals surface area (Å²) in [6.45, 7) is 3.97. The number of anilines is 2. The van der Waals surface area contributed by atoms with Crippen molar-refractivity contribution in [3.05, 3.63) is 81.1 Å². The van der Waals surface area contributed by atoms with E-state index < -0.39 is 17.4 Å². The number of amides is 2. The number of fused-ring (bicyclic) bond motifs is 1. The zero-order chi connectivity index (χ0) is 22.0. The number of hydrogen-bond donors (Lipinski definition) is 3. The molecule has 0 saturated heterocycles. The fourth-order valence-electron chi connectivity index (χ4n) is 3.35. The molecule has 8 heteroatoms. The molecule has 3 N–H and O–H groups in total. The number of carbonyl (C=O) groups is 2. The number of aromatic nitrogens is 2. The van der Waals surface area contributed by atoms with Crippen molar-refractivity contribution in [2.75, 3.05) is 10.6 Å². The second kappa shape index (κ2) is 8.77. The largest absolute Gasteiger partial charge is 0.326 e. The molecule has 4 rings (SSSR count). The molecule has 0 spiro atoms. The molecule has 2 amide bonds. The standard InChI is InChI=1S/C23H22N4O3S/c1-13-3-7-15(8-4-13)12-31-23-26-20-19(22(30)27-23)17(11-18(28)25-20)21(29)24-16-9-5-14(2)6-10-16/h3-10,17H,11-12H2,1-2H3,(H,24,29)(H2,25,26,27,28,30)/t17-/m0/s1. The lowest BCUT2D eigenvalue weighted by Crippen LogP contribution is -2.36. The van der Waals surface area contributed by atoms with Gasteiger partial charge in [0.25, 0.3) is 5.56 Å². The van der Waals surface area contributed by atoms with Crippen LogP contribution in [0.25, 0.3) is 0 Å². The van der Waals surface area contributed by atoms with Crippen molar-refractivity contribution < 1.29 is 9.59 Å². The van der Waals surface area contributed by atoms with Gasteiger partial charge < -0.3 is 15.6 Å². The van der Waals surface area contributed by atoms with Crippen LogP contribution in [0.5, 0.6) is 0 Å². The molecule has 0 radical (unpaired) electrons. The van der Waals surface area contributed by atoms with Gasteiger partial charge in [-0.05, 0) is 31.5 Å². The van der Waals surface area contributed by atoms with Gasteiger partial charge in [-0.2, -0.15) is 0 Å². The highest BCUT2D eigenvalue weighted by Gasteiger charge is 2.34. The summed E-state index contributed by atoms with van der Waals surface area (Å²) in [6.07, 6.45) is -0.106. The quantitative estimate of drug-likeness (QED) is 0.419. The van der Waals surface area contributed by atoms with E-state index in [0.29, 0.717) is 16.6 Å². The minimum Gasteiger partial charge on any atom is -0.326 e. The zero-order valence-corrected chi connectivity index (χ0v) is 18.0. The molecular formula is C23H22N4O3S. The van der Waals surface area contributed by atoms with Gasteiger partial charge in [-0.1, -0.05) is 59.3 Å². The van der Waals surface area contributed by atoms with E-state index in [0.717, 1.165) is 11.1 Å². The summed E-state index contributed by atoms with van der Waals surface area (Å²) < 4.78 is 0. The monoisotopic (exact) mass is 434 g/mol. The second-order valence-corrected chi connectivity index (χ2v) is 8.53. The van der Waals surface area contributed by atoms with Crippen LogP contribution in [-0.4, -0.2) is 21.8 Å². The number of benzene rings is 2. The molecule has 0 fully saturated rings. The third kappa shape index (κ3) is 4.86. The lowest BCUT2D eigenvalue weighted by atomic mass is 9.92. The van der Waals surface area contributed by atoms with Gasteiger partial charge in [0.2, 0.25) is 11.8 Å². The molecule has 2 heterocycles. The Morgan fingerprint density at radius 1 is 1.06 bits per heavy atom. The van der Waals surface area contributed by atoms with Crippen LogP contribution >= 0.6 is 11.8 Å². The van der Waals surface area contributed by atoms with E-state index in [9.17, 15) is 14.4 Å². The number of nitrogens with one attached hydrogen (secondary N) is 3. The molecule has 0 saturated carbocycles. The summed E-state index contributed by atoms with van der Waals surface area (Å²) in [5, 5.41) is 5.82. The lowest BCUT2D eigenvalue weighted by molar-refractivity contribution is -0.123. The predicted octanol–water partition coefficient (Wildman–Crippen LogP) is 3.74. The van der Waals surface area contributed by atoms with Gasteiger partial charge in [0.15, 0.2) is 5.16 Å². The van der Waals surface area contributed by atoms with Crippen molar-refractivity contribution in [1.29, 1.82) is 0 Å². The van der Waals surface area contributed by atoms with Gasteiger partial charge in [0.1, 0.15) is 5.82 Å². The molecule has 31 heavy (non-hydrogen) atoms. The minimum atomic E-state index is -0.905. The summed E-state index contributed by atoms with van der Waals surface area (Å²) in [4.78, 5) is 45.1. The first kappa shape index (κ1) is 20.9. The maximum absolute atomic E-state index is 12.9. The molecule has 2 aromatic carbocycles. The maximum atomic E-state index is 12.9. The van der Waals surface area contributed by atoms with Gasteiger partial charge in [-0.25, -0.2) is 4.98 Å². The molecule has 0 unspecified atom stereocenters. The number of rotatable bonds is 5. The van der Waals surface area contributed by atoms with E-state index in [1.54, 1.807) is 12.1 Å². The number of aromatic amines is 1. The van der Waals surface area contributed by atoms with Gasteiger partial charge in [-0.15, -0.1) is 0 Å². The van der Waals surface area contributed by atoms with Crippen LogP contribution in [0.3, 0.4) is 0 Å². The molecule has 0 bridgehead atoms. The summed E-state index contributed by atoms with van der Waals surface area (Å²) in [5.41, 5.74) is 3.71. The first-order valence-corrected chi connectivity index (χ1v) is 10.9. The van der Waals surface area contributed by atoms with Gasteiger partial charge >= 0.3 is 0 Å². The van der Waals surface area contributed by atoms with Crippen LogP contribution in [0.15, 0.2) is 58.5 Å². The average Bonchev–Trinajstić information content (AvgIpc) is 2.74. The number of carbonyl (C=O) groups excluding carboxylic acids is 2. The van der Waals surface area contributed by atoms with Crippen molar-refractivity contribution >= 4 is 35.1 Å². The Bertz CT molecular complexity index is 1190. The zero-order valence-electron chi connectivity index (χ0n) is 17.2. The Morgan fingerprint density at radius 3 is 2.39 bits per heavy atom. The Morgan fingerprint density at radius 2 is 1.71 bits per heavy atom. The third-order valence-electron chi connectivity index (χ3n) is 5.06. The van der Waals surface area contributed by atoms with Crippen LogP contribution in [0, 0.1) is 13.8 Å². The van der Waals surface area contributed by atoms with Gasteiger partial charge in [-0.3, -0.25) is 14.4 Å². The number of H-pyrrole nitrogens is 1. The number of aryl methyl sites for hydroxylation is 2. The molecule has 1 atom stereocenters. The fourth-order valence-corrected chi connectivity index (χ4v) is 4.16. The van der Waals surface area contributed by atoms with E-state index in [1.807, 2.05) is 50.2 Å². The fraction of sp³-hybridized carbons (Fsp3) is 0.217. The molecule has 1 aromatic heterocycles. The Hall–Kier alpha value is -3.39. The van der Waals surface area contributed by atoms with Crippen molar-refractivity contribution in [3.63, 3.8) is 0 Å². The number of nitrogens with zero attached hydrogens (tertiary/aromatic N) is 1. The first-order valence-electron chi connectivity index (χ1n) is 9.89. The molecule has 158 valence electrons. The summed E-state index contributed by atoms with van der Waals surface area (Å²) in [7, 11) is 0. The molecule has 1 aliphatic heterocycles. The third-order valence-corrected chi connectivity index (χ3v) is 6.01. The number of thioether (sulfide) groups is 1. The molecule has 1 aliphatic rings. The van der Waals surface area contributed by atoms with Crippen LogP contribution < -0.4 is 16.2 Å². The van der Waals surface area contributed by atoms with E-state index >= 15 is 0 Å². The van der Waals surface area contributed by atoms with Gasteiger partial charge in [0, 0.05) is 17.9 Å². The Kier molecular flexibility index (Phi) is 5.90. The normalized spacial score (nSPS) is 15.2. The molecule has 0 aliphatic carbocycles. The first-order chi connectivity index (χ1) is 14.9. The van der Waals surface area contributed by atoms with Crippen molar-refractivity contribution in [3.8, 4) is 0 Å². The van der Waals surface area contributed by atoms with E-state index in [2.05, 4.69) is 20.6 Å². The topological polar surface area (TPSA) is 104 Å². The average molecular weight is 435 g/mol. The predicted molar refractivity (Wildman–Crippen MR) is 121 cm³/mol. The van der Waals surface area contributed by atoms with Crippen LogP contribution in [0.1, 0.15) is 34.6 Å². The molecular weight excluding hydrogens is 412 g/mol. The summed E-state index contributed by atoms with van der Waals surface area (Å²) in [5.74, 6) is -0.892. The van der Waals surface area contributed by atoms with Crippen LogP contribution in [-0.2, 0) is 15.3 Å². The Balaban J connectivity index is 1.56. The van der Waals surface area contributed by atoms with E-state index in [4.69, 9.17) is 0 Å². The molecule has 7 nitrogen and oxygen atoms in total. The lowest BCUT2D eigenvalue weighted by Gasteiger charge is -2.23. The van der Waals surface area contributed by atoms with Crippen LogP contribution in [0.2, 0.25) is 0 Å². The smallest absolute Gasteiger partial charge is 0.257 e. The van der Waals surface area contributed by atoms with Crippen molar-refractivity contribution in [1.82, 2.24) is 9.97 Å². The second-order valence-electron chi connectivity index (χ2n) is 7.57. The summed E-state index contributed by atoms with van der Waals surface area (Å²) >= 11 is 1.36. The molecule has 3 aromatic rings. The summed E-state index contributed by atoms with van der Waals surface area (Å²) in [6, 6.07) is 15.4. The minimum absolute atomic E-state index is 0.106. The van der Waals surface area contributed by atoms with E-state index in [1.165, 1.54) is 17.3 Å². The highest BCUT2D eigenvalue weighted by Crippen LogP contribution is 2.31. The SMILES string of the molecule is Cc1ccc(CSc2nc3c(c(=O)[nH]2)[C@@H](C(=O)Nc2ccc(C)cc2)CC(=O)N3)cc1. The van der Waals surface area contributed by atoms with Crippen LogP contribution in [0.4, 0.5) is 11.5 Å². The maximum Gasteiger partial charge on any atom is 0.257 e. The van der Waals surface area contributed by atoms with Gasteiger partial charge in [0.05, 0.1) is 11.5 Å². The Labute approximate surface area is 183 Å². The van der Waals surface area contributed by atoms with Crippen molar-refractivity contribution in [2.24, 2.45) is 0 Å². The van der Waals surface area contributed by atoms with E-state index in [-0.39, 0.29) is 23.7 Å². The highest BCUT2D eigenvalue weighted by atomic mass is 32.2. The highest BCUT2D eigenvalue weighted by molar-refractivity contribution is 7.98. The number of hydrogen-bond acceptors (Lipinski definition) is 5. The van der Waals surface area contributed by atoms with Crippen molar-refractivity contribution in [2.45, 2.75) is 37.1 Å².